The molecule has 2 aromatic heterocycles. The van der Waals surface area contributed by atoms with Gasteiger partial charge in [-0.05, 0) is 12.1 Å². The summed E-state index contributed by atoms with van der Waals surface area (Å²) in [5.41, 5.74) is 1.91. The van der Waals surface area contributed by atoms with Crippen LogP contribution in [0.4, 0.5) is 14.3 Å². The first-order chi connectivity index (χ1) is 21.2. The van der Waals surface area contributed by atoms with E-state index in [2.05, 4.69) is 20.2 Å². The minimum atomic E-state index is -0.899. The molecule has 3 aliphatic rings. The Labute approximate surface area is 264 Å². The maximum atomic E-state index is 14.0. The quantitative estimate of drug-likeness (QED) is 0.330. The number of hydrogen-bond donors (Lipinski definition) is 2. The molecule has 2 atom stereocenters. The summed E-state index contributed by atoms with van der Waals surface area (Å²) >= 11 is 9.16. The number of ether oxygens (including phenoxy) is 1. The van der Waals surface area contributed by atoms with Crippen molar-refractivity contribution in [2.45, 2.75) is 24.9 Å². The molecule has 2 amide bonds. The SMILES string of the molecule is COC(=O)C1=C(CN2CCN3C(=O)N(c4nc(CCC(=O)O)cs4)C[C@@H]3C2)NC(c2nccs2)=NC1c1ccc(F)cc1Cl. The molecule has 12 nitrogen and oxygen atoms in total. The number of halogens is 2. The first-order valence-electron chi connectivity index (χ1n) is 13.7. The van der Waals surface area contributed by atoms with Gasteiger partial charge in [0.25, 0.3) is 0 Å². The second-order valence-electron chi connectivity index (χ2n) is 10.4. The van der Waals surface area contributed by atoms with E-state index in [9.17, 15) is 18.8 Å². The van der Waals surface area contributed by atoms with Crippen LogP contribution < -0.4 is 10.2 Å². The molecule has 44 heavy (non-hydrogen) atoms. The van der Waals surface area contributed by atoms with Crippen LogP contribution in [-0.2, 0) is 20.7 Å². The van der Waals surface area contributed by atoms with Crippen molar-refractivity contribution >= 4 is 63.2 Å². The number of amides is 2. The van der Waals surface area contributed by atoms with Crippen LogP contribution in [0.15, 0.2) is 51.4 Å². The summed E-state index contributed by atoms with van der Waals surface area (Å²) in [5, 5.41) is 17.2. The number of esters is 1. The molecule has 6 rings (SSSR count). The van der Waals surface area contributed by atoms with E-state index in [0.29, 0.717) is 72.1 Å². The van der Waals surface area contributed by atoms with Gasteiger partial charge in [-0.1, -0.05) is 17.7 Å². The van der Waals surface area contributed by atoms with Gasteiger partial charge in [-0.15, -0.1) is 22.7 Å². The number of piperazine rings is 1. The number of carbonyl (C=O) groups excluding carboxylic acids is 2. The molecule has 1 aromatic carbocycles. The predicted octanol–water partition coefficient (Wildman–Crippen LogP) is 3.55. The van der Waals surface area contributed by atoms with Crippen molar-refractivity contribution in [3.05, 3.63) is 73.5 Å². The number of benzene rings is 1. The van der Waals surface area contributed by atoms with E-state index in [-0.39, 0.29) is 29.1 Å². The summed E-state index contributed by atoms with van der Waals surface area (Å²) in [6.07, 6.45) is 1.93. The topological polar surface area (TPSA) is 141 Å². The van der Waals surface area contributed by atoms with Gasteiger partial charge < -0.3 is 20.1 Å². The number of aromatic nitrogens is 2. The summed E-state index contributed by atoms with van der Waals surface area (Å²) < 4.78 is 19.1. The smallest absolute Gasteiger partial charge is 0.338 e. The van der Waals surface area contributed by atoms with Gasteiger partial charge in [0.1, 0.15) is 11.9 Å². The molecule has 0 spiro atoms. The molecule has 0 bridgehead atoms. The molecule has 3 aromatic rings. The van der Waals surface area contributed by atoms with Gasteiger partial charge >= 0.3 is 18.0 Å². The summed E-state index contributed by atoms with van der Waals surface area (Å²) in [5.74, 6) is -1.54. The number of urea groups is 1. The number of anilines is 1. The lowest BCUT2D eigenvalue weighted by Crippen LogP contribution is -2.53. The lowest BCUT2D eigenvalue weighted by Gasteiger charge is -2.38. The molecule has 1 unspecified atom stereocenters. The maximum absolute atomic E-state index is 14.0. The number of aliphatic carboxylic acids is 1. The Balaban J connectivity index is 1.25. The number of methoxy groups -OCH3 is 1. The number of fused-ring (bicyclic) bond motifs is 1. The van der Waals surface area contributed by atoms with E-state index in [1.807, 2.05) is 10.3 Å². The van der Waals surface area contributed by atoms with Crippen molar-refractivity contribution in [1.82, 2.24) is 25.1 Å². The minimum Gasteiger partial charge on any atom is -0.481 e. The molecule has 2 fully saturated rings. The molecule has 3 aliphatic heterocycles. The lowest BCUT2D eigenvalue weighted by atomic mass is 9.95. The Hall–Kier alpha value is -3.92. The van der Waals surface area contributed by atoms with Crippen LogP contribution in [0.25, 0.3) is 0 Å². The third-order valence-corrected chi connectivity index (χ3v) is 9.63. The van der Waals surface area contributed by atoms with Gasteiger partial charge in [0, 0.05) is 65.8 Å². The number of carboxylic acid groups (broad SMARTS) is 1. The highest BCUT2D eigenvalue weighted by Crippen LogP contribution is 2.37. The molecule has 16 heteroatoms. The first kappa shape index (κ1) is 30.1. The molecule has 0 aliphatic carbocycles. The van der Waals surface area contributed by atoms with E-state index in [0.717, 1.165) is 0 Å². The third-order valence-electron chi connectivity index (χ3n) is 7.61. The monoisotopic (exact) mass is 659 g/mol. The fourth-order valence-corrected chi connectivity index (χ4v) is 7.26. The number of carbonyl (C=O) groups is 3. The van der Waals surface area contributed by atoms with Crippen molar-refractivity contribution in [3.8, 4) is 0 Å². The Kier molecular flexibility index (Phi) is 8.62. The number of hydrogen-bond acceptors (Lipinski definition) is 11. The molecule has 230 valence electrons. The molecule has 2 saturated heterocycles. The van der Waals surface area contributed by atoms with Crippen LogP contribution >= 0.6 is 34.3 Å². The number of aryl methyl sites for hydroxylation is 1. The molecular formula is C28H27ClFN7O5S2. The zero-order chi connectivity index (χ0) is 31.0. The average molecular weight is 660 g/mol. The number of rotatable bonds is 9. The second kappa shape index (κ2) is 12.6. The Morgan fingerprint density at radius 1 is 1.25 bits per heavy atom. The molecule has 0 saturated carbocycles. The summed E-state index contributed by atoms with van der Waals surface area (Å²) in [7, 11) is 1.29. The Morgan fingerprint density at radius 2 is 2.09 bits per heavy atom. The minimum absolute atomic E-state index is 0.0263. The predicted molar refractivity (Wildman–Crippen MR) is 163 cm³/mol. The van der Waals surface area contributed by atoms with Crippen LogP contribution in [0.5, 0.6) is 0 Å². The standard InChI is InChI=1S/C28H27ClFN7O5S2/c1-42-26(40)22-20(33-24(25-31-6-9-43-25)34-23(22)18-4-2-15(30)10-19(18)29)13-35-7-8-36-17(11-35)12-37(28(36)41)27-32-16(14-44-27)3-5-21(38)39/h2,4,6,9-10,14,17,23H,3,5,7-8,11-13H2,1H3,(H,33,34)(H,38,39)/t17-,23?/m0/s1. The highest BCUT2D eigenvalue weighted by atomic mass is 35.5. The summed E-state index contributed by atoms with van der Waals surface area (Å²) in [6.45, 7) is 2.29. The van der Waals surface area contributed by atoms with Gasteiger partial charge in [-0.25, -0.2) is 23.9 Å². The van der Waals surface area contributed by atoms with E-state index < -0.39 is 23.8 Å². The molecule has 5 heterocycles. The van der Waals surface area contributed by atoms with Gasteiger partial charge in [0.15, 0.2) is 16.0 Å². The van der Waals surface area contributed by atoms with Gasteiger partial charge in [0.2, 0.25) is 0 Å². The van der Waals surface area contributed by atoms with Crippen molar-refractivity contribution in [2.24, 2.45) is 4.99 Å². The van der Waals surface area contributed by atoms with Crippen LogP contribution in [0.2, 0.25) is 5.02 Å². The zero-order valence-corrected chi connectivity index (χ0v) is 25.8. The second-order valence-corrected chi connectivity index (χ2v) is 12.5. The van der Waals surface area contributed by atoms with E-state index >= 15 is 0 Å². The highest BCUT2D eigenvalue weighted by Gasteiger charge is 2.43. The van der Waals surface area contributed by atoms with E-state index in [1.54, 1.807) is 16.5 Å². The third kappa shape index (κ3) is 6.04. The zero-order valence-electron chi connectivity index (χ0n) is 23.4. The van der Waals surface area contributed by atoms with Gasteiger partial charge in [-0.2, -0.15) is 0 Å². The molecular weight excluding hydrogens is 633 g/mol. The fraction of sp³-hybridized carbons (Fsp3) is 0.357. The number of nitrogens with zero attached hydrogens (tertiary/aromatic N) is 6. The van der Waals surface area contributed by atoms with Crippen LogP contribution in [0.3, 0.4) is 0 Å². The molecule has 2 N–H and O–H groups in total. The van der Waals surface area contributed by atoms with E-state index in [1.165, 1.54) is 48.0 Å². The number of aliphatic imine (C=N–C) groups is 1. The van der Waals surface area contributed by atoms with Crippen molar-refractivity contribution < 1.29 is 28.6 Å². The fourth-order valence-electron chi connectivity index (χ4n) is 5.54. The van der Waals surface area contributed by atoms with Crippen LogP contribution in [-0.4, -0.2) is 94.6 Å². The average Bonchev–Trinajstić information content (AvgIpc) is 3.76. The van der Waals surface area contributed by atoms with Gasteiger partial charge in [0.05, 0.1) is 37.4 Å². The van der Waals surface area contributed by atoms with Crippen LogP contribution in [0.1, 0.15) is 28.7 Å². The van der Waals surface area contributed by atoms with Crippen LogP contribution in [0, 0.1) is 5.82 Å². The summed E-state index contributed by atoms with van der Waals surface area (Å²) in [4.78, 5) is 56.8. The first-order valence-corrected chi connectivity index (χ1v) is 15.8. The number of thiazole rings is 2. The normalized spacial score (nSPS) is 20.4. The summed E-state index contributed by atoms with van der Waals surface area (Å²) in [6, 6.07) is 2.85. The number of amidine groups is 1. The maximum Gasteiger partial charge on any atom is 0.338 e. The molecule has 0 radical (unpaired) electrons. The van der Waals surface area contributed by atoms with Crippen molar-refractivity contribution in [3.63, 3.8) is 0 Å². The lowest BCUT2D eigenvalue weighted by molar-refractivity contribution is -0.137. The Morgan fingerprint density at radius 3 is 2.82 bits per heavy atom. The highest BCUT2D eigenvalue weighted by molar-refractivity contribution is 7.14. The largest absolute Gasteiger partial charge is 0.481 e. The van der Waals surface area contributed by atoms with Gasteiger partial charge in [-0.3, -0.25) is 19.6 Å². The van der Waals surface area contributed by atoms with E-state index in [4.69, 9.17) is 26.4 Å². The number of nitrogens with one attached hydrogen (secondary N) is 1. The van der Waals surface area contributed by atoms with Crippen molar-refractivity contribution in [1.29, 1.82) is 0 Å². The Bertz CT molecular complexity index is 1660. The van der Waals surface area contributed by atoms with Crippen molar-refractivity contribution in [2.75, 3.05) is 44.7 Å². The number of carboxylic acids is 1.